The number of urea groups is 1. The Labute approximate surface area is 140 Å². The van der Waals surface area contributed by atoms with Gasteiger partial charge in [-0.3, -0.25) is 9.69 Å². The van der Waals surface area contributed by atoms with Crippen molar-refractivity contribution in [3.05, 3.63) is 36.2 Å². The predicted octanol–water partition coefficient (Wildman–Crippen LogP) is 2.26. The predicted molar refractivity (Wildman–Crippen MR) is 90.4 cm³/mol. The number of halogens is 1. The molecule has 0 aliphatic carbocycles. The van der Waals surface area contributed by atoms with E-state index in [1.54, 1.807) is 4.90 Å². The largest absolute Gasteiger partial charge is 0.326 e. The number of likely N-dealkylation sites (tertiary alicyclic amines) is 1. The van der Waals surface area contributed by atoms with Crippen molar-refractivity contribution in [1.82, 2.24) is 9.80 Å². The summed E-state index contributed by atoms with van der Waals surface area (Å²) in [6.45, 7) is 4.51. The number of nitrogens with one attached hydrogen (secondary N) is 2. The second kappa shape index (κ2) is 7.00. The summed E-state index contributed by atoms with van der Waals surface area (Å²) < 4.78 is 13.9. The average Bonchev–Trinajstić information content (AvgIpc) is 3.20. The minimum absolute atomic E-state index is 0.0672. The van der Waals surface area contributed by atoms with Crippen LogP contribution in [0.15, 0.2) is 30.4 Å². The second-order valence-corrected chi connectivity index (χ2v) is 6.12. The number of hydrogen-bond donors (Lipinski definition) is 2. The molecule has 1 fully saturated rings. The van der Waals surface area contributed by atoms with Crippen molar-refractivity contribution in [3.8, 4) is 0 Å². The molecule has 2 heterocycles. The van der Waals surface area contributed by atoms with Crippen LogP contribution in [-0.4, -0.2) is 54.0 Å². The summed E-state index contributed by atoms with van der Waals surface area (Å²) in [5.41, 5.74) is 0.513. The molecule has 2 aliphatic heterocycles. The van der Waals surface area contributed by atoms with Gasteiger partial charge in [-0.05, 0) is 24.6 Å². The van der Waals surface area contributed by atoms with Crippen molar-refractivity contribution in [1.29, 1.82) is 0 Å². The Kier molecular flexibility index (Phi) is 4.80. The van der Waals surface area contributed by atoms with Gasteiger partial charge in [0.2, 0.25) is 5.91 Å². The number of nitrogens with zero attached hydrogens (tertiary/aromatic N) is 2. The Morgan fingerprint density at radius 3 is 2.67 bits per heavy atom. The smallest absolute Gasteiger partial charge is 0.321 e. The molecule has 1 atom stereocenters. The van der Waals surface area contributed by atoms with Crippen LogP contribution in [-0.2, 0) is 4.79 Å². The maximum atomic E-state index is 13.9. The highest BCUT2D eigenvalue weighted by Crippen LogP contribution is 2.22. The number of carbonyl (C=O) groups excluding carboxylic acids is 2. The van der Waals surface area contributed by atoms with Gasteiger partial charge in [-0.2, -0.15) is 0 Å². The summed E-state index contributed by atoms with van der Waals surface area (Å²) in [6, 6.07) is 4.14. The van der Waals surface area contributed by atoms with Crippen molar-refractivity contribution >= 4 is 23.3 Å². The zero-order valence-corrected chi connectivity index (χ0v) is 13.6. The van der Waals surface area contributed by atoms with Crippen LogP contribution in [0.4, 0.5) is 20.6 Å². The van der Waals surface area contributed by atoms with E-state index in [-0.39, 0.29) is 17.6 Å². The van der Waals surface area contributed by atoms with E-state index >= 15 is 0 Å². The topological polar surface area (TPSA) is 64.7 Å². The molecule has 3 rings (SSSR count). The first-order chi connectivity index (χ1) is 11.5. The highest BCUT2D eigenvalue weighted by molar-refractivity contribution is 5.92. The Bertz CT molecular complexity index is 669. The first-order valence-corrected chi connectivity index (χ1v) is 8.05. The van der Waals surface area contributed by atoms with E-state index in [4.69, 9.17) is 0 Å². The molecular formula is C17H21FN4O2. The molecular weight excluding hydrogens is 311 g/mol. The summed E-state index contributed by atoms with van der Waals surface area (Å²) in [5, 5.41) is 5.18. The zero-order chi connectivity index (χ0) is 17.1. The van der Waals surface area contributed by atoms with E-state index in [9.17, 15) is 14.0 Å². The lowest BCUT2D eigenvalue weighted by Crippen LogP contribution is -2.39. The molecule has 2 N–H and O–H groups in total. The van der Waals surface area contributed by atoms with Gasteiger partial charge in [0.1, 0.15) is 5.82 Å². The molecule has 0 saturated carbocycles. The number of anilines is 2. The van der Waals surface area contributed by atoms with Gasteiger partial charge in [0.25, 0.3) is 0 Å². The van der Waals surface area contributed by atoms with Crippen LogP contribution in [0.1, 0.15) is 13.3 Å². The molecule has 2 aliphatic rings. The molecule has 7 heteroatoms. The van der Waals surface area contributed by atoms with Crippen molar-refractivity contribution in [3.63, 3.8) is 0 Å². The third kappa shape index (κ3) is 3.73. The summed E-state index contributed by atoms with van der Waals surface area (Å²) in [6.07, 6.45) is 5.18. The Balaban J connectivity index is 1.61. The molecule has 24 heavy (non-hydrogen) atoms. The van der Waals surface area contributed by atoms with E-state index in [1.165, 1.54) is 25.1 Å². The zero-order valence-electron chi connectivity index (χ0n) is 13.6. The van der Waals surface area contributed by atoms with Crippen LogP contribution in [0.3, 0.4) is 0 Å². The summed E-state index contributed by atoms with van der Waals surface area (Å²) in [4.78, 5) is 27.5. The van der Waals surface area contributed by atoms with Gasteiger partial charge in [0.15, 0.2) is 0 Å². The summed E-state index contributed by atoms with van der Waals surface area (Å²) in [7, 11) is 0. The number of rotatable bonds is 3. The maximum absolute atomic E-state index is 13.9. The molecule has 1 saturated heterocycles. The van der Waals surface area contributed by atoms with Gasteiger partial charge in [-0.15, -0.1) is 0 Å². The van der Waals surface area contributed by atoms with Gasteiger partial charge < -0.3 is 15.5 Å². The van der Waals surface area contributed by atoms with E-state index in [1.807, 2.05) is 0 Å². The van der Waals surface area contributed by atoms with Crippen LogP contribution < -0.4 is 10.6 Å². The van der Waals surface area contributed by atoms with Gasteiger partial charge in [-0.25, -0.2) is 9.18 Å². The standard InChI is InChI=1S/C17H21FN4O2/c1-12(23)19-13-4-5-15(18)16(10-13)20-17(24)22-9-6-14(11-22)21-7-2-3-8-21/h2-5,10,14H,6-9,11H2,1H3,(H,19,23)(H,20,24)/t14-/m1/s1. The van der Waals surface area contributed by atoms with Crippen molar-refractivity contribution < 1.29 is 14.0 Å². The molecule has 6 nitrogen and oxygen atoms in total. The first kappa shape index (κ1) is 16.4. The van der Waals surface area contributed by atoms with Crippen LogP contribution in [0.5, 0.6) is 0 Å². The third-order valence-corrected chi connectivity index (χ3v) is 4.34. The minimum atomic E-state index is -0.531. The number of benzene rings is 1. The van der Waals surface area contributed by atoms with Crippen molar-refractivity contribution in [2.24, 2.45) is 0 Å². The Morgan fingerprint density at radius 2 is 1.96 bits per heavy atom. The lowest BCUT2D eigenvalue weighted by Gasteiger charge is -2.23. The number of carbonyl (C=O) groups is 2. The van der Waals surface area contributed by atoms with Crippen LogP contribution in [0.2, 0.25) is 0 Å². The maximum Gasteiger partial charge on any atom is 0.321 e. The molecule has 1 aromatic carbocycles. The fourth-order valence-electron chi connectivity index (χ4n) is 3.11. The van der Waals surface area contributed by atoms with Crippen LogP contribution in [0, 0.1) is 5.82 Å². The van der Waals surface area contributed by atoms with Gasteiger partial charge in [-0.1, -0.05) is 12.2 Å². The third-order valence-electron chi connectivity index (χ3n) is 4.34. The molecule has 0 bridgehead atoms. The fraction of sp³-hybridized carbons (Fsp3) is 0.412. The monoisotopic (exact) mass is 332 g/mol. The molecule has 3 amide bonds. The van der Waals surface area contributed by atoms with Gasteiger partial charge >= 0.3 is 6.03 Å². The second-order valence-electron chi connectivity index (χ2n) is 6.12. The van der Waals surface area contributed by atoms with E-state index in [0.29, 0.717) is 24.8 Å². The quantitative estimate of drug-likeness (QED) is 0.835. The average molecular weight is 332 g/mol. The molecule has 128 valence electrons. The molecule has 0 unspecified atom stereocenters. The fourth-order valence-corrected chi connectivity index (χ4v) is 3.11. The van der Waals surface area contributed by atoms with Crippen molar-refractivity contribution in [2.75, 3.05) is 36.8 Å². The summed E-state index contributed by atoms with van der Waals surface area (Å²) >= 11 is 0. The van der Waals surface area contributed by atoms with Crippen molar-refractivity contribution in [2.45, 2.75) is 19.4 Å². The number of amides is 3. The van der Waals surface area contributed by atoms with Gasteiger partial charge in [0, 0.05) is 44.8 Å². The minimum Gasteiger partial charge on any atom is -0.326 e. The lowest BCUT2D eigenvalue weighted by atomic mass is 10.2. The van der Waals surface area contributed by atoms with E-state index in [2.05, 4.69) is 27.7 Å². The first-order valence-electron chi connectivity index (χ1n) is 8.05. The molecule has 1 aromatic rings. The Hall–Kier alpha value is -2.41. The molecule has 0 radical (unpaired) electrons. The SMILES string of the molecule is CC(=O)Nc1ccc(F)c(NC(=O)N2CC[C@@H](N3CC=CC3)C2)c1. The number of hydrogen-bond acceptors (Lipinski definition) is 3. The Morgan fingerprint density at radius 1 is 1.21 bits per heavy atom. The van der Waals surface area contributed by atoms with Crippen LogP contribution >= 0.6 is 0 Å². The lowest BCUT2D eigenvalue weighted by molar-refractivity contribution is -0.114. The van der Waals surface area contributed by atoms with Crippen LogP contribution in [0.25, 0.3) is 0 Å². The molecule has 0 aromatic heterocycles. The normalized spacial score (nSPS) is 20.4. The van der Waals surface area contributed by atoms with E-state index < -0.39 is 5.82 Å². The molecule has 0 spiro atoms. The summed E-state index contributed by atoms with van der Waals surface area (Å²) in [5.74, 6) is -0.780. The highest BCUT2D eigenvalue weighted by atomic mass is 19.1. The van der Waals surface area contributed by atoms with E-state index in [0.717, 1.165) is 19.5 Å². The van der Waals surface area contributed by atoms with Gasteiger partial charge in [0.05, 0.1) is 5.69 Å². The highest BCUT2D eigenvalue weighted by Gasteiger charge is 2.30.